The highest BCUT2D eigenvalue weighted by Crippen LogP contribution is 2.42. The monoisotopic (exact) mass is 475 g/mol. The zero-order valence-electron chi connectivity index (χ0n) is 17.2. The van der Waals surface area contributed by atoms with Gasteiger partial charge in [-0.15, -0.1) is 5.10 Å². The summed E-state index contributed by atoms with van der Waals surface area (Å²) in [6, 6.07) is 0.840. The van der Waals surface area contributed by atoms with Gasteiger partial charge in [0.05, 0.1) is 21.6 Å². The molecule has 3 aromatic rings. The normalized spacial score (nSPS) is 18.1. The van der Waals surface area contributed by atoms with Crippen LogP contribution in [0.25, 0.3) is 10.9 Å². The summed E-state index contributed by atoms with van der Waals surface area (Å²) in [4.78, 5) is 38.2. The number of carbonyl (C=O) groups excluding carboxylic acids is 1. The highest BCUT2D eigenvalue weighted by Gasteiger charge is 2.32. The summed E-state index contributed by atoms with van der Waals surface area (Å²) in [6.07, 6.45) is 4.84. The second-order valence-corrected chi connectivity index (χ2v) is 8.62. The van der Waals surface area contributed by atoms with Crippen LogP contribution in [0.1, 0.15) is 35.7 Å². The number of nitrogens with one attached hydrogen (secondary N) is 1. The first-order chi connectivity index (χ1) is 15.8. The number of hydrogen-bond donors (Lipinski definition) is 2. The standard InChI is InChI=1S/C20H19ClFN7O4/c21-16-17-12(19(31)13(20(32)33)7-29(17)11-1-2-11)5-14(22)18(16)27-4-3-10(6-27)24-15(30)8-28-9-23-25-26-28/h5,7,9-11H,1-4,6,8H2,(H,24,30)(H,32,33). The van der Waals surface area contributed by atoms with Crippen molar-refractivity contribution < 1.29 is 19.1 Å². The van der Waals surface area contributed by atoms with E-state index in [2.05, 4.69) is 20.8 Å². The van der Waals surface area contributed by atoms with Crippen molar-refractivity contribution in [3.63, 3.8) is 0 Å². The number of tetrazole rings is 1. The molecule has 1 saturated heterocycles. The lowest BCUT2D eigenvalue weighted by Gasteiger charge is -2.23. The van der Waals surface area contributed by atoms with Crippen molar-refractivity contribution in [3.05, 3.63) is 45.2 Å². The first kappa shape index (κ1) is 21.3. The van der Waals surface area contributed by atoms with E-state index in [4.69, 9.17) is 11.6 Å². The lowest BCUT2D eigenvalue weighted by Crippen LogP contribution is -2.39. The van der Waals surface area contributed by atoms with Crippen LogP contribution in [0.5, 0.6) is 0 Å². The number of benzene rings is 1. The fourth-order valence-corrected chi connectivity index (χ4v) is 4.68. The largest absolute Gasteiger partial charge is 0.477 e. The number of nitrogens with zero attached hydrogens (tertiary/aromatic N) is 6. The molecule has 1 aromatic carbocycles. The van der Waals surface area contributed by atoms with Crippen LogP contribution in [-0.4, -0.2) is 60.9 Å². The molecule has 0 bridgehead atoms. The maximum atomic E-state index is 15.2. The molecule has 1 atom stereocenters. The molecular weight excluding hydrogens is 457 g/mol. The number of amides is 1. The minimum atomic E-state index is -1.36. The molecule has 5 rings (SSSR count). The Kier molecular flexibility index (Phi) is 5.23. The van der Waals surface area contributed by atoms with Crippen LogP contribution in [0.4, 0.5) is 10.1 Å². The van der Waals surface area contributed by atoms with Crippen molar-refractivity contribution in [2.75, 3.05) is 18.0 Å². The van der Waals surface area contributed by atoms with E-state index < -0.39 is 22.8 Å². The fraction of sp³-hybridized carbons (Fsp3) is 0.400. The molecule has 1 unspecified atom stereocenters. The van der Waals surface area contributed by atoms with E-state index in [1.807, 2.05) is 0 Å². The predicted molar refractivity (Wildman–Crippen MR) is 115 cm³/mol. The average Bonchev–Trinajstić information content (AvgIpc) is 3.29. The number of pyridine rings is 1. The summed E-state index contributed by atoms with van der Waals surface area (Å²) in [5.41, 5.74) is -0.713. The minimum absolute atomic E-state index is 0.0129. The number of fused-ring (bicyclic) bond motifs is 1. The first-order valence-electron chi connectivity index (χ1n) is 10.4. The van der Waals surface area contributed by atoms with E-state index in [0.717, 1.165) is 18.9 Å². The molecular formula is C20H19ClFN7O4. The Hall–Kier alpha value is -3.54. The van der Waals surface area contributed by atoms with E-state index in [1.54, 1.807) is 9.47 Å². The van der Waals surface area contributed by atoms with Gasteiger partial charge < -0.3 is 19.9 Å². The van der Waals surface area contributed by atoms with E-state index in [9.17, 15) is 19.5 Å². The molecule has 11 nitrogen and oxygen atoms in total. The second-order valence-electron chi connectivity index (χ2n) is 8.24. The number of anilines is 1. The van der Waals surface area contributed by atoms with Crippen molar-refractivity contribution in [1.29, 1.82) is 0 Å². The van der Waals surface area contributed by atoms with Crippen molar-refractivity contribution in [2.45, 2.75) is 37.9 Å². The van der Waals surface area contributed by atoms with Crippen LogP contribution >= 0.6 is 11.6 Å². The highest BCUT2D eigenvalue weighted by atomic mass is 35.5. The van der Waals surface area contributed by atoms with Gasteiger partial charge in [0.25, 0.3) is 0 Å². The molecule has 1 saturated carbocycles. The number of hydrogen-bond acceptors (Lipinski definition) is 7. The van der Waals surface area contributed by atoms with Crippen LogP contribution in [0, 0.1) is 5.82 Å². The van der Waals surface area contributed by atoms with Crippen LogP contribution in [0.3, 0.4) is 0 Å². The lowest BCUT2D eigenvalue weighted by atomic mass is 10.1. The Balaban J connectivity index is 1.46. The minimum Gasteiger partial charge on any atom is -0.477 e. The Morgan fingerprint density at radius 1 is 1.30 bits per heavy atom. The van der Waals surface area contributed by atoms with Crippen LogP contribution < -0.4 is 15.6 Å². The topological polar surface area (TPSA) is 135 Å². The summed E-state index contributed by atoms with van der Waals surface area (Å²) in [6.45, 7) is 0.734. The van der Waals surface area contributed by atoms with Gasteiger partial charge in [0.1, 0.15) is 24.3 Å². The van der Waals surface area contributed by atoms with E-state index >= 15 is 4.39 Å². The van der Waals surface area contributed by atoms with Crippen LogP contribution in [-0.2, 0) is 11.3 Å². The number of carboxylic acid groups (broad SMARTS) is 1. The molecule has 2 fully saturated rings. The van der Waals surface area contributed by atoms with Gasteiger partial charge in [0.2, 0.25) is 11.3 Å². The van der Waals surface area contributed by atoms with Gasteiger partial charge in [-0.1, -0.05) is 11.6 Å². The van der Waals surface area contributed by atoms with Crippen molar-refractivity contribution >= 4 is 40.1 Å². The summed E-state index contributed by atoms with van der Waals surface area (Å²) < 4.78 is 18.2. The molecule has 1 amide bonds. The van der Waals surface area contributed by atoms with Crippen molar-refractivity contribution in [2.24, 2.45) is 0 Å². The number of aromatic nitrogens is 5. The molecule has 0 spiro atoms. The maximum absolute atomic E-state index is 15.2. The predicted octanol–water partition coefficient (Wildman–Crippen LogP) is 1.21. The molecule has 33 heavy (non-hydrogen) atoms. The Morgan fingerprint density at radius 2 is 2.09 bits per heavy atom. The van der Waals surface area contributed by atoms with Gasteiger partial charge in [-0.25, -0.2) is 13.9 Å². The highest BCUT2D eigenvalue weighted by molar-refractivity contribution is 6.38. The van der Waals surface area contributed by atoms with Crippen LogP contribution in [0.15, 0.2) is 23.4 Å². The lowest BCUT2D eigenvalue weighted by molar-refractivity contribution is -0.122. The van der Waals surface area contributed by atoms with Gasteiger partial charge in [-0.05, 0) is 35.8 Å². The number of aromatic carboxylic acids is 1. The molecule has 0 radical (unpaired) electrons. The van der Waals surface area contributed by atoms with E-state index in [0.29, 0.717) is 25.0 Å². The summed E-state index contributed by atoms with van der Waals surface area (Å²) in [5.74, 6) is -2.35. The van der Waals surface area contributed by atoms with Gasteiger partial charge in [-0.3, -0.25) is 9.59 Å². The molecule has 2 aromatic heterocycles. The fourth-order valence-electron chi connectivity index (χ4n) is 4.27. The number of rotatable bonds is 6. The molecule has 3 heterocycles. The summed E-state index contributed by atoms with van der Waals surface area (Å²) in [5, 5.41) is 22.9. The summed E-state index contributed by atoms with van der Waals surface area (Å²) in [7, 11) is 0. The molecule has 13 heteroatoms. The Bertz CT molecular complexity index is 1320. The zero-order valence-corrected chi connectivity index (χ0v) is 18.0. The van der Waals surface area contributed by atoms with E-state index in [-0.39, 0.29) is 40.6 Å². The number of halogens is 2. The van der Waals surface area contributed by atoms with Gasteiger partial charge in [-0.2, -0.15) is 0 Å². The van der Waals surface area contributed by atoms with Crippen molar-refractivity contribution in [1.82, 2.24) is 30.1 Å². The SMILES string of the molecule is O=C(Cn1cnnn1)NC1CCN(c2c(F)cc3c(=O)c(C(=O)O)cn(C4CC4)c3c2Cl)C1. The van der Waals surface area contributed by atoms with Gasteiger partial charge >= 0.3 is 5.97 Å². The second kappa shape index (κ2) is 8.10. The average molecular weight is 476 g/mol. The molecule has 1 aliphatic heterocycles. The third kappa shape index (κ3) is 3.90. The number of carbonyl (C=O) groups is 2. The van der Waals surface area contributed by atoms with Gasteiger partial charge in [0.15, 0.2) is 0 Å². The quantitative estimate of drug-likeness (QED) is 0.543. The molecule has 172 valence electrons. The zero-order chi connectivity index (χ0) is 23.3. The third-order valence-corrected chi connectivity index (χ3v) is 6.28. The van der Waals surface area contributed by atoms with Crippen molar-refractivity contribution in [3.8, 4) is 0 Å². The molecule has 1 aliphatic carbocycles. The molecule has 2 aliphatic rings. The van der Waals surface area contributed by atoms with Crippen LogP contribution in [0.2, 0.25) is 5.02 Å². The first-order valence-corrected chi connectivity index (χ1v) is 10.8. The maximum Gasteiger partial charge on any atom is 0.341 e. The molecule has 2 N–H and O–H groups in total. The Labute approximate surface area is 190 Å². The smallest absolute Gasteiger partial charge is 0.341 e. The van der Waals surface area contributed by atoms with Gasteiger partial charge in [0, 0.05) is 31.4 Å². The number of carboxylic acids is 1. The summed E-state index contributed by atoms with van der Waals surface area (Å²) >= 11 is 6.65. The van der Waals surface area contributed by atoms with E-state index in [1.165, 1.54) is 17.2 Å². The Morgan fingerprint density at radius 3 is 2.76 bits per heavy atom. The third-order valence-electron chi connectivity index (χ3n) is 5.92.